The molecule has 0 rings (SSSR count). The number of hydrogen-bond donors (Lipinski definition) is 1. The second-order valence-corrected chi connectivity index (χ2v) is 7.05. The molecule has 0 saturated carbocycles. The van der Waals surface area contributed by atoms with E-state index < -0.39 is 20.9 Å². The zero-order valence-electron chi connectivity index (χ0n) is 7.11. The summed E-state index contributed by atoms with van der Waals surface area (Å²) in [5.41, 5.74) is 0. The lowest BCUT2D eigenvalue weighted by molar-refractivity contribution is -0.131. The van der Waals surface area contributed by atoms with Crippen molar-refractivity contribution in [3.63, 3.8) is 0 Å². The van der Waals surface area contributed by atoms with Gasteiger partial charge in [0.1, 0.15) is 0 Å². The molecule has 0 aromatic rings. The Bertz CT molecular complexity index is 133. The predicted molar refractivity (Wildman–Crippen MR) is 41.2 cm³/mol. The molecule has 1 unspecified atom stereocenters. The summed E-state index contributed by atoms with van der Waals surface area (Å²) < 4.78 is 40.1. The maximum absolute atomic E-state index is 11.7. The van der Waals surface area contributed by atoms with Crippen LogP contribution in [0.1, 0.15) is 6.42 Å². The van der Waals surface area contributed by atoms with Crippen LogP contribution in [0.2, 0.25) is 12.6 Å². The van der Waals surface area contributed by atoms with Crippen molar-refractivity contribution in [1.82, 2.24) is 0 Å². The van der Waals surface area contributed by atoms with Crippen LogP contribution in [0.25, 0.3) is 0 Å². The quantitative estimate of drug-likeness (QED) is 0.703. The molecule has 0 fully saturated rings. The molecule has 0 saturated heterocycles. The summed E-state index contributed by atoms with van der Waals surface area (Å²) in [6.07, 6.45) is -5.29. The Balaban J connectivity index is 3.89. The van der Waals surface area contributed by atoms with Gasteiger partial charge in [0.05, 0.1) is 6.23 Å². The van der Waals surface area contributed by atoms with Crippen LogP contribution in [0.3, 0.4) is 0 Å². The molecule has 0 aromatic carbocycles. The lowest BCUT2D eigenvalue weighted by atomic mass is 10.5. The lowest BCUT2D eigenvalue weighted by Gasteiger charge is -2.22. The van der Waals surface area contributed by atoms with Gasteiger partial charge in [-0.1, -0.05) is 0 Å². The minimum atomic E-state index is -4.15. The lowest BCUT2D eigenvalue weighted by Crippen LogP contribution is -2.39. The Morgan fingerprint density at radius 1 is 1.42 bits per heavy atom. The molecule has 1 atom stereocenters. The van der Waals surface area contributed by atoms with Gasteiger partial charge in [-0.15, -0.1) is 0 Å². The van der Waals surface area contributed by atoms with Crippen molar-refractivity contribution < 1.29 is 22.7 Å². The monoisotopic (exact) mass is 202 g/mol. The smallest absolute Gasteiger partial charge is 0.388 e. The van der Waals surface area contributed by atoms with Gasteiger partial charge in [0.2, 0.25) is 8.32 Å². The fraction of sp³-hybridized carbons (Fsp3) is 1.00. The van der Waals surface area contributed by atoms with E-state index in [4.69, 9.17) is 9.53 Å². The van der Waals surface area contributed by atoms with Gasteiger partial charge in [0.25, 0.3) is 0 Å². The van der Waals surface area contributed by atoms with E-state index in [9.17, 15) is 13.2 Å². The van der Waals surface area contributed by atoms with Crippen LogP contribution >= 0.6 is 0 Å². The van der Waals surface area contributed by atoms with Gasteiger partial charge in [0, 0.05) is 13.5 Å². The van der Waals surface area contributed by atoms with Crippen molar-refractivity contribution in [1.29, 1.82) is 0 Å². The van der Waals surface area contributed by atoms with Crippen molar-refractivity contribution in [2.45, 2.75) is 25.2 Å². The number of halogens is 3. The highest BCUT2D eigenvalue weighted by Gasteiger charge is 2.34. The van der Waals surface area contributed by atoms with Gasteiger partial charge < -0.3 is 9.53 Å². The third-order valence-electron chi connectivity index (χ3n) is 1.76. The first-order valence-corrected chi connectivity index (χ1v) is 6.38. The highest BCUT2D eigenvalue weighted by Crippen LogP contribution is 2.25. The molecule has 12 heavy (non-hydrogen) atoms. The average Bonchev–Trinajstić information content (AvgIpc) is 1.99. The second-order valence-electron chi connectivity index (χ2n) is 2.93. The molecular formula is C6H13F3O2Si. The largest absolute Gasteiger partial charge is 0.418 e. The minimum Gasteiger partial charge on any atom is -0.418 e. The van der Waals surface area contributed by atoms with Crippen molar-refractivity contribution in [2.24, 2.45) is 0 Å². The summed E-state index contributed by atoms with van der Waals surface area (Å²) in [6.45, 7) is 1.58. The fourth-order valence-electron chi connectivity index (χ4n) is 0.652. The second kappa shape index (κ2) is 4.24. The summed E-state index contributed by atoms with van der Waals surface area (Å²) in [5, 5.41) is 8.75. The number of hydrogen-bond acceptors (Lipinski definition) is 2. The van der Waals surface area contributed by atoms with E-state index in [2.05, 4.69) is 0 Å². The first-order valence-electron chi connectivity index (χ1n) is 3.56. The van der Waals surface area contributed by atoms with Gasteiger partial charge >= 0.3 is 6.18 Å². The molecule has 0 bridgehead atoms. The summed E-state index contributed by atoms with van der Waals surface area (Å²) >= 11 is 0. The molecule has 0 spiro atoms. The molecule has 1 N–H and O–H groups in total. The SMILES string of the molecule is CO[Si](C)(CO)CCC(F)(F)F. The Kier molecular flexibility index (Phi) is 4.22. The highest BCUT2D eigenvalue weighted by molar-refractivity contribution is 6.72. The maximum Gasteiger partial charge on any atom is 0.388 e. The molecule has 0 radical (unpaired) electrons. The molecule has 74 valence electrons. The van der Waals surface area contributed by atoms with Crippen LogP contribution < -0.4 is 0 Å². The molecule has 0 amide bonds. The zero-order valence-corrected chi connectivity index (χ0v) is 8.11. The number of rotatable bonds is 4. The average molecular weight is 202 g/mol. The van der Waals surface area contributed by atoms with Crippen molar-refractivity contribution >= 4 is 8.32 Å². The van der Waals surface area contributed by atoms with Gasteiger partial charge in [0.15, 0.2) is 0 Å². The van der Waals surface area contributed by atoms with Gasteiger partial charge in [-0.05, 0) is 12.6 Å². The third-order valence-corrected chi connectivity index (χ3v) is 4.73. The first-order chi connectivity index (χ1) is 5.33. The van der Waals surface area contributed by atoms with Crippen LogP contribution in [0.15, 0.2) is 0 Å². The topological polar surface area (TPSA) is 29.5 Å². The third kappa shape index (κ3) is 4.73. The highest BCUT2D eigenvalue weighted by atomic mass is 28.4. The van der Waals surface area contributed by atoms with E-state index in [-0.39, 0.29) is 12.3 Å². The number of alkyl halides is 3. The molecule has 0 heterocycles. The Labute approximate surface area is 70.5 Å². The zero-order chi connectivity index (χ0) is 9.83. The van der Waals surface area contributed by atoms with Crippen LogP contribution in [-0.4, -0.2) is 32.9 Å². The van der Waals surface area contributed by atoms with Gasteiger partial charge in [-0.3, -0.25) is 0 Å². The van der Waals surface area contributed by atoms with E-state index in [0.717, 1.165) is 0 Å². The summed E-state index contributed by atoms with van der Waals surface area (Å²) in [7, 11) is -1.13. The Morgan fingerprint density at radius 3 is 2.17 bits per heavy atom. The molecule has 0 aliphatic heterocycles. The summed E-state index contributed by atoms with van der Waals surface area (Å²) in [6, 6.07) is -0.0799. The van der Waals surface area contributed by atoms with Crippen molar-refractivity contribution in [3.8, 4) is 0 Å². The molecule has 6 heteroatoms. The molecule has 0 aromatic heterocycles. The predicted octanol–water partition coefficient (Wildman–Crippen LogP) is 1.69. The Morgan fingerprint density at radius 2 is 1.92 bits per heavy atom. The van der Waals surface area contributed by atoms with Crippen LogP contribution in [0.5, 0.6) is 0 Å². The van der Waals surface area contributed by atoms with E-state index in [1.807, 2.05) is 0 Å². The molecular weight excluding hydrogens is 189 g/mol. The van der Waals surface area contributed by atoms with Crippen LogP contribution in [0, 0.1) is 0 Å². The van der Waals surface area contributed by atoms with E-state index in [1.54, 1.807) is 6.55 Å². The van der Waals surface area contributed by atoms with E-state index in [1.165, 1.54) is 7.11 Å². The maximum atomic E-state index is 11.7. The van der Waals surface area contributed by atoms with Crippen LogP contribution in [0.4, 0.5) is 13.2 Å². The van der Waals surface area contributed by atoms with Crippen molar-refractivity contribution in [2.75, 3.05) is 13.3 Å². The van der Waals surface area contributed by atoms with Crippen LogP contribution in [-0.2, 0) is 4.43 Å². The van der Waals surface area contributed by atoms with Crippen molar-refractivity contribution in [3.05, 3.63) is 0 Å². The molecule has 0 aliphatic rings. The van der Waals surface area contributed by atoms with Gasteiger partial charge in [-0.2, -0.15) is 13.2 Å². The van der Waals surface area contributed by atoms with Gasteiger partial charge in [-0.25, -0.2) is 0 Å². The number of aliphatic hydroxyl groups is 1. The normalized spacial score (nSPS) is 17.5. The van der Waals surface area contributed by atoms with E-state index >= 15 is 0 Å². The fourth-order valence-corrected chi connectivity index (χ4v) is 1.96. The number of aliphatic hydroxyl groups excluding tert-OH is 1. The minimum absolute atomic E-state index is 0.0799. The molecule has 2 nitrogen and oxygen atoms in total. The summed E-state index contributed by atoms with van der Waals surface area (Å²) in [5.74, 6) is 0. The summed E-state index contributed by atoms with van der Waals surface area (Å²) in [4.78, 5) is 0. The van der Waals surface area contributed by atoms with E-state index in [0.29, 0.717) is 0 Å². The standard InChI is InChI=1S/C6H13F3O2Si/c1-11-12(2,5-10)4-3-6(7,8)9/h10H,3-5H2,1-2H3. The molecule has 0 aliphatic carbocycles. The Hall–Kier alpha value is -0.0731. The first kappa shape index (κ1) is 11.9.